The minimum atomic E-state index is -0.299. The highest BCUT2D eigenvalue weighted by Gasteiger charge is 2.39. The van der Waals surface area contributed by atoms with E-state index in [1.165, 1.54) is 23.5 Å². The Morgan fingerprint density at radius 2 is 1.89 bits per heavy atom. The highest BCUT2D eigenvalue weighted by atomic mass is 32.1. The molecular formula is C36H34FN5O4S. The summed E-state index contributed by atoms with van der Waals surface area (Å²) in [7, 11) is 1.66. The molecule has 5 aromatic rings. The molecule has 0 saturated carbocycles. The van der Waals surface area contributed by atoms with Crippen molar-refractivity contribution in [1.82, 2.24) is 25.8 Å². The van der Waals surface area contributed by atoms with E-state index in [2.05, 4.69) is 20.8 Å². The fraction of sp³-hybridized carbons (Fsp3) is 0.306. The molecule has 3 aromatic heterocycles. The van der Waals surface area contributed by atoms with Gasteiger partial charge in [0.15, 0.2) is 0 Å². The topological polar surface area (TPSA) is 119 Å². The summed E-state index contributed by atoms with van der Waals surface area (Å²) >= 11 is 1.31. The van der Waals surface area contributed by atoms with Crippen LogP contribution < -0.4 is 15.4 Å². The third-order valence-corrected chi connectivity index (χ3v) is 10.0. The molecule has 9 nitrogen and oxygen atoms in total. The Morgan fingerprint density at radius 3 is 2.62 bits per heavy atom. The average Bonchev–Trinajstić information content (AvgIpc) is 3.87. The number of aryl methyl sites for hydroxylation is 3. The van der Waals surface area contributed by atoms with Gasteiger partial charge in [0.25, 0.3) is 11.8 Å². The van der Waals surface area contributed by atoms with E-state index in [9.17, 15) is 14.0 Å². The Bertz CT molecular complexity index is 2000. The quantitative estimate of drug-likeness (QED) is 0.177. The number of ether oxygens (including phenoxy) is 1. The van der Waals surface area contributed by atoms with Crippen LogP contribution in [0, 0.1) is 18.7 Å². The fourth-order valence-electron chi connectivity index (χ4n) is 6.63. The number of thiophene rings is 1. The van der Waals surface area contributed by atoms with Gasteiger partial charge in [-0.1, -0.05) is 38.1 Å². The lowest BCUT2D eigenvalue weighted by atomic mass is 9.92. The second kappa shape index (κ2) is 12.4. The van der Waals surface area contributed by atoms with Crippen molar-refractivity contribution in [2.45, 2.75) is 58.5 Å². The van der Waals surface area contributed by atoms with Gasteiger partial charge in [0.2, 0.25) is 11.8 Å². The van der Waals surface area contributed by atoms with Gasteiger partial charge in [0.05, 0.1) is 46.6 Å². The average molecular weight is 652 g/mol. The van der Waals surface area contributed by atoms with E-state index in [4.69, 9.17) is 14.1 Å². The van der Waals surface area contributed by atoms with Gasteiger partial charge in [-0.3, -0.25) is 14.6 Å². The predicted octanol–water partition coefficient (Wildman–Crippen LogP) is 6.96. The van der Waals surface area contributed by atoms with Crippen LogP contribution in [-0.2, 0) is 19.3 Å². The normalized spacial score (nSPS) is 16.7. The summed E-state index contributed by atoms with van der Waals surface area (Å²) in [6.45, 7) is 5.79. The number of carbonyl (C=O) groups excluding carboxylic acids is 2. The van der Waals surface area contributed by atoms with Gasteiger partial charge in [0, 0.05) is 17.4 Å². The number of carbonyl (C=O) groups is 2. The Labute approximate surface area is 275 Å². The number of amides is 2. The van der Waals surface area contributed by atoms with Gasteiger partial charge in [0.1, 0.15) is 11.6 Å². The minimum Gasteiger partial charge on any atom is -0.496 e. The number of rotatable bonds is 9. The standard InChI is InChI=1S/C36H34FN5O4S/c1-18(2)32-33-31(35(44)40-32)30(29(36-42-41-19(3)46-36)25(38-33)14-10-20-8-11-21(37)12-9-20)27-16-17-28(47-27)34(43)39-24-15-13-23-22(24)6-5-7-26(23)45-4/h5-9,11-12,16-18,24,32H,10,13-15H2,1-4H3,(H,39,43)(H,40,44)/t24-,32+/m1/s1. The third-order valence-electron chi connectivity index (χ3n) is 8.91. The number of benzene rings is 2. The Kier molecular flexibility index (Phi) is 8.09. The van der Waals surface area contributed by atoms with Gasteiger partial charge in [-0.15, -0.1) is 21.5 Å². The highest BCUT2D eigenvalue weighted by molar-refractivity contribution is 7.17. The molecule has 0 spiro atoms. The molecule has 1 aliphatic heterocycles. The monoisotopic (exact) mass is 651 g/mol. The van der Waals surface area contributed by atoms with Crippen molar-refractivity contribution in [3.8, 4) is 27.6 Å². The first-order valence-electron chi connectivity index (χ1n) is 15.7. The number of hydrogen-bond donors (Lipinski definition) is 2. The largest absolute Gasteiger partial charge is 0.496 e. The molecule has 0 unspecified atom stereocenters. The van der Waals surface area contributed by atoms with Crippen LogP contribution in [0.4, 0.5) is 4.39 Å². The van der Waals surface area contributed by atoms with Crippen LogP contribution in [0.1, 0.15) is 86.4 Å². The number of methoxy groups -OCH3 is 1. The Hall–Kier alpha value is -4.90. The Morgan fingerprint density at radius 1 is 1.09 bits per heavy atom. The smallest absolute Gasteiger partial charge is 0.261 e. The van der Waals surface area contributed by atoms with Crippen molar-refractivity contribution in [3.63, 3.8) is 0 Å². The number of nitrogens with zero attached hydrogens (tertiary/aromatic N) is 3. The van der Waals surface area contributed by atoms with Gasteiger partial charge < -0.3 is 19.8 Å². The molecule has 2 amide bonds. The molecule has 2 atom stereocenters. The van der Waals surface area contributed by atoms with E-state index in [1.807, 2.05) is 38.1 Å². The van der Waals surface area contributed by atoms with E-state index in [1.54, 1.807) is 32.2 Å². The lowest BCUT2D eigenvalue weighted by molar-refractivity contribution is 0.0936. The zero-order valence-corrected chi connectivity index (χ0v) is 27.3. The van der Waals surface area contributed by atoms with Crippen LogP contribution in [0.15, 0.2) is 59.0 Å². The van der Waals surface area contributed by atoms with Crippen LogP contribution in [0.2, 0.25) is 0 Å². The van der Waals surface area contributed by atoms with Crippen LogP contribution in [-0.4, -0.2) is 34.1 Å². The number of halogens is 1. The number of aromatic nitrogens is 3. The van der Waals surface area contributed by atoms with E-state index < -0.39 is 0 Å². The molecule has 0 bridgehead atoms. The molecule has 11 heteroatoms. The van der Waals surface area contributed by atoms with Crippen molar-refractivity contribution >= 4 is 23.2 Å². The zero-order valence-electron chi connectivity index (χ0n) is 26.5. The molecule has 240 valence electrons. The maximum Gasteiger partial charge on any atom is 0.261 e. The molecule has 2 N–H and O–H groups in total. The number of fused-ring (bicyclic) bond motifs is 2. The molecular weight excluding hydrogens is 617 g/mol. The minimum absolute atomic E-state index is 0.0829. The lowest BCUT2D eigenvalue weighted by Gasteiger charge is -2.18. The summed E-state index contributed by atoms with van der Waals surface area (Å²) in [5.74, 6) is 0.815. The maximum absolute atomic E-state index is 13.7. The van der Waals surface area contributed by atoms with Crippen LogP contribution >= 0.6 is 11.3 Å². The molecule has 1 aliphatic carbocycles. The molecule has 0 fully saturated rings. The number of pyridine rings is 1. The summed E-state index contributed by atoms with van der Waals surface area (Å²) in [5, 5.41) is 14.8. The molecule has 7 rings (SSSR count). The van der Waals surface area contributed by atoms with Gasteiger partial charge >= 0.3 is 0 Å². The van der Waals surface area contributed by atoms with E-state index in [0.717, 1.165) is 40.2 Å². The summed E-state index contributed by atoms with van der Waals surface area (Å²) in [4.78, 5) is 33.7. The maximum atomic E-state index is 13.7. The number of nitrogens with one attached hydrogen (secondary N) is 2. The predicted molar refractivity (Wildman–Crippen MR) is 176 cm³/mol. The van der Waals surface area contributed by atoms with Crippen LogP contribution in [0.3, 0.4) is 0 Å². The van der Waals surface area contributed by atoms with Crippen molar-refractivity contribution < 1.29 is 23.1 Å². The second-order valence-electron chi connectivity index (χ2n) is 12.3. The first-order chi connectivity index (χ1) is 22.7. The van der Waals surface area contributed by atoms with Gasteiger partial charge in [-0.25, -0.2) is 4.39 Å². The van der Waals surface area contributed by atoms with Crippen molar-refractivity contribution in [2.24, 2.45) is 5.92 Å². The van der Waals surface area contributed by atoms with Crippen molar-refractivity contribution in [2.75, 3.05) is 7.11 Å². The summed E-state index contributed by atoms with van der Waals surface area (Å²) in [6.07, 6.45) is 2.66. The third kappa shape index (κ3) is 5.69. The summed E-state index contributed by atoms with van der Waals surface area (Å²) in [5.41, 5.74) is 6.11. The van der Waals surface area contributed by atoms with Gasteiger partial charge in [-0.05, 0) is 78.6 Å². The summed E-state index contributed by atoms with van der Waals surface area (Å²) in [6, 6.07) is 15.5. The second-order valence-corrected chi connectivity index (χ2v) is 13.4. The summed E-state index contributed by atoms with van der Waals surface area (Å²) < 4.78 is 25.2. The van der Waals surface area contributed by atoms with Crippen LogP contribution in [0.5, 0.6) is 5.75 Å². The zero-order chi connectivity index (χ0) is 32.8. The molecule has 47 heavy (non-hydrogen) atoms. The van der Waals surface area contributed by atoms with Crippen LogP contribution in [0.25, 0.3) is 21.9 Å². The lowest BCUT2D eigenvalue weighted by Crippen LogP contribution is -2.26. The van der Waals surface area contributed by atoms with E-state index >= 15 is 0 Å². The Balaban J connectivity index is 1.31. The molecule has 0 radical (unpaired) electrons. The first kappa shape index (κ1) is 30.7. The molecule has 4 heterocycles. The number of hydrogen-bond acceptors (Lipinski definition) is 8. The highest BCUT2D eigenvalue weighted by Crippen LogP contribution is 2.45. The first-order valence-corrected chi connectivity index (χ1v) is 16.5. The van der Waals surface area contributed by atoms with E-state index in [0.29, 0.717) is 51.7 Å². The van der Waals surface area contributed by atoms with Crippen molar-refractivity contribution in [1.29, 1.82) is 0 Å². The molecule has 2 aliphatic rings. The van der Waals surface area contributed by atoms with Gasteiger partial charge in [-0.2, -0.15) is 0 Å². The molecule has 0 saturated heterocycles. The fourth-order valence-corrected chi connectivity index (χ4v) is 7.60. The molecule has 2 aromatic carbocycles. The van der Waals surface area contributed by atoms with E-state index in [-0.39, 0.29) is 41.5 Å². The SMILES string of the molecule is COc1cccc2c1CC[C@H]2NC(=O)c1ccc(-c2c3c(nc(CCc4ccc(F)cc4)c2-c2nnc(C)o2)[C@H](C(C)C)NC3=O)s1. The van der Waals surface area contributed by atoms with Crippen molar-refractivity contribution in [3.05, 3.63) is 105 Å².